The molecule has 0 amide bonds. The van der Waals surface area contributed by atoms with Gasteiger partial charge in [0.25, 0.3) is 0 Å². The second kappa shape index (κ2) is 6.52. The Morgan fingerprint density at radius 2 is 1.54 bits per heavy atom. The molecule has 1 atom stereocenters. The predicted octanol–water partition coefficient (Wildman–Crippen LogP) is 5.04. The van der Waals surface area contributed by atoms with E-state index >= 15 is 0 Å². The molecule has 4 rings (SSSR count). The van der Waals surface area contributed by atoms with Crippen molar-refractivity contribution in [1.82, 2.24) is 0 Å². The summed E-state index contributed by atoms with van der Waals surface area (Å²) in [6.45, 7) is 2.04. The minimum atomic E-state index is -1.18. The molecule has 0 aliphatic heterocycles. The maximum atomic E-state index is 13.1. The number of aryl methyl sites for hydroxylation is 1. The number of hydrogen-bond acceptors (Lipinski definition) is 1. The average molecular weight is 329 g/mol. The fraction of sp³-hybridized carbons (Fsp3) is 0.0455. The number of fused-ring (bicyclic) bond motifs is 1. The molecular weight excluding hydrogens is 312 g/mol. The van der Waals surface area contributed by atoms with Crippen molar-refractivity contribution < 1.29 is 4.21 Å². The van der Waals surface area contributed by atoms with Crippen LogP contribution in [0.15, 0.2) is 71.6 Å². The minimum absolute atomic E-state index is 0.841. The van der Waals surface area contributed by atoms with Crippen LogP contribution in [0.4, 0.5) is 0 Å². The highest BCUT2D eigenvalue weighted by Gasteiger charge is 2.36. The molecule has 2 heteroatoms. The van der Waals surface area contributed by atoms with E-state index in [4.69, 9.17) is 0 Å². The fourth-order valence-electron chi connectivity index (χ4n) is 3.04. The van der Waals surface area contributed by atoms with Crippen molar-refractivity contribution in [3.8, 4) is 0 Å². The zero-order valence-electron chi connectivity index (χ0n) is 13.4. The zero-order valence-corrected chi connectivity index (χ0v) is 14.2. The first kappa shape index (κ1) is 15.6. The van der Waals surface area contributed by atoms with E-state index in [0.29, 0.717) is 0 Å². The van der Waals surface area contributed by atoms with E-state index in [1.165, 1.54) is 16.3 Å². The highest BCUT2D eigenvalue weighted by Crippen LogP contribution is 2.44. The second-order valence-electron chi connectivity index (χ2n) is 5.91. The van der Waals surface area contributed by atoms with Gasteiger partial charge in [-0.3, -0.25) is 4.21 Å². The van der Waals surface area contributed by atoms with E-state index in [2.05, 4.69) is 36.8 Å². The van der Waals surface area contributed by atoms with Crippen molar-refractivity contribution in [1.29, 1.82) is 0 Å². The van der Waals surface area contributed by atoms with Gasteiger partial charge in [0.2, 0.25) is 0 Å². The Balaban J connectivity index is 1.72. The van der Waals surface area contributed by atoms with Crippen LogP contribution < -0.4 is 0 Å². The smallest absolute Gasteiger partial charge is 0.0835 e. The van der Waals surface area contributed by atoms with Crippen LogP contribution in [0.3, 0.4) is 0 Å². The Hall–Kier alpha value is -1.93. The van der Waals surface area contributed by atoms with Crippen LogP contribution in [0.25, 0.3) is 10.8 Å². The standard InChI is InChI=1S/C22H17OS/c1-16-12-14-18(15-13-16)24(23)22-11-5-10-21(22)20-9-4-7-17-6-2-3-8-19(17)20/h2-15H,1H3/t24-/m0/s1. The molecule has 0 unspecified atom stereocenters. The molecule has 0 bridgehead atoms. The van der Waals surface area contributed by atoms with Gasteiger partial charge in [-0.25, -0.2) is 0 Å². The minimum Gasteiger partial charge on any atom is -0.254 e. The Morgan fingerprint density at radius 1 is 0.792 bits per heavy atom. The van der Waals surface area contributed by atoms with Gasteiger partial charge in [0.15, 0.2) is 0 Å². The van der Waals surface area contributed by atoms with Crippen LogP contribution in [0.5, 0.6) is 0 Å². The molecule has 0 aromatic heterocycles. The van der Waals surface area contributed by atoms with Crippen LogP contribution in [0.1, 0.15) is 11.1 Å². The van der Waals surface area contributed by atoms with Crippen LogP contribution >= 0.6 is 0 Å². The Kier molecular flexibility index (Phi) is 4.24. The van der Waals surface area contributed by atoms with Crippen LogP contribution in [0.2, 0.25) is 0 Å². The Bertz CT molecular complexity index is 877. The molecule has 1 fully saturated rings. The molecule has 0 heterocycles. The molecular formula is C22H17OS. The number of rotatable bonds is 3. The molecule has 3 aromatic rings. The molecule has 0 N–H and O–H groups in total. The van der Waals surface area contributed by atoms with Gasteiger partial charge in [0, 0.05) is 10.8 Å². The molecule has 1 aliphatic carbocycles. The first-order valence-electron chi connectivity index (χ1n) is 7.96. The number of benzene rings is 3. The molecule has 1 saturated carbocycles. The monoisotopic (exact) mass is 329 g/mol. The lowest BCUT2D eigenvalue weighted by atomic mass is 9.92. The summed E-state index contributed by atoms with van der Waals surface area (Å²) in [5, 5.41) is 3.26. The van der Waals surface area contributed by atoms with Gasteiger partial charge in [0.05, 0.1) is 16.0 Å². The first-order chi connectivity index (χ1) is 11.7. The summed E-state index contributed by atoms with van der Waals surface area (Å²) < 4.78 is 13.1. The third-order valence-electron chi connectivity index (χ3n) is 4.29. The quantitative estimate of drug-likeness (QED) is 0.658. The van der Waals surface area contributed by atoms with E-state index in [9.17, 15) is 4.21 Å². The first-order valence-corrected chi connectivity index (χ1v) is 9.11. The maximum Gasteiger partial charge on any atom is 0.0835 e. The molecule has 117 valence electrons. The van der Waals surface area contributed by atoms with E-state index in [0.717, 1.165) is 21.6 Å². The van der Waals surface area contributed by atoms with Crippen LogP contribution in [0, 0.1) is 37.4 Å². The maximum absolute atomic E-state index is 13.1. The SMILES string of the molecule is Cc1ccc([S@](=O)[C]2[CH][CH][CH][C]2c2cccc3ccccc23)cc1. The third kappa shape index (κ3) is 2.80. The second-order valence-corrected chi connectivity index (χ2v) is 7.36. The highest BCUT2D eigenvalue weighted by atomic mass is 32.2. The van der Waals surface area contributed by atoms with Gasteiger partial charge >= 0.3 is 0 Å². The topological polar surface area (TPSA) is 17.1 Å². The molecule has 1 aliphatic rings. The lowest BCUT2D eigenvalue weighted by Gasteiger charge is -2.19. The van der Waals surface area contributed by atoms with Crippen LogP contribution in [-0.2, 0) is 10.8 Å². The summed E-state index contributed by atoms with van der Waals surface area (Å²) in [5.41, 5.74) is 2.31. The summed E-state index contributed by atoms with van der Waals surface area (Å²) in [7, 11) is -1.18. The summed E-state index contributed by atoms with van der Waals surface area (Å²) in [5.74, 6) is 1.05. The lowest BCUT2D eigenvalue weighted by molar-refractivity contribution is 0.684. The van der Waals surface area contributed by atoms with Gasteiger partial charge < -0.3 is 0 Å². The molecule has 0 spiro atoms. The van der Waals surface area contributed by atoms with E-state index in [1.54, 1.807) is 0 Å². The summed E-state index contributed by atoms with van der Waals surface area (Å²) in [4.78, 5) is 0.841. The molecule has 0 saturated heterocycles. The highest BCUT2D eigenvalue weighted by molar-refractivity contribution is 7.88. The molecule has 5 radical (unpaired) electrons. The third-order valence-corrected chi connectivity index (χ3v) is 5.75. The van der Waals surface area contributed by atoms with Crippen molar-refractivity contribution in [2.24, 2.45) is 0 Å². The van der Waals surface area contributed by atoms with Gasteiger partial charge in [-0.15, -0.1) is 0 Å². The van der Waals surface area contributed by atoms with Gasteiger partial charge in [-0.1, -0.05) is 60.2 Å². The molecule has 3 aromatic carbocycles. The van der Waals surface area contributed by atoms with E-state index in [-0.39, 0.29) is 0 Å². The predicted molar refractivity (Wildman–Crippen MR) is 100 cm³/mol. The van der Waals surface area contributed by atoms with Crippen molar-refractivity contribution in [3.05, 3.63) is 108 Å². The largest absolute Gasteiger partial charge is 0.254 e. The summed E-state index contributed by atoms with van der Waals surface area (Å²) in [6.07, 6.45) is 6.01. The Labute approximate surface area is 146 Å². The lowest BCUT2D eigenvalue weighted by Crippen LogP contribution is -2.12. The van der Waals surface area contributed by atoms with Crippen LogP contribution in [-0.4, -0.2) is 4.21 Å². The van der Waals surface area contributed by atoms with E-state index < -0.39 is 10.8 Å². The van der Waals surface area contributed by atoms with Gasteiger partial charge in [0.1, 0.15) is 0 Å². The number of hydrogen-bond donors (Lipinski definition) is 0. The molecule has 24 heavy (non-hydrogen) atoms. The normalized spacial score (nSPS) is 17.4. The molecule has 1 nitrogen and oxygen atoms in total. The average Bonchev–Trinajstić information content (AvgIpc) is 3.11. The fourth-order valence-corrected chi connectivity index (χ4v) is 4.25. The van der Waals surface area contributed by atoms with Crippen molar-refractivity contribution >= 4 is 21.6 Å². The van der Waals surface area contributed by atoms with Gasteiger partial charge in [-0.2, -0.15) is 0 Å². The Morgan fingerprint density at radius 3 is 2.38 bits per heavy atom. The van der Waals surface area contributed by atoms with Gasteiger partial charge in [-0.05, 0) is 54.7 Å². The van der Waals surface area contributed by atoms with Crippen molar-refractivity contribution in [2.75, 3.05) is 0 Å². The van der Waals surface area contributed by atoms with Crippen molar-refractivity contribution in [3.63, 3.8) is 0 Å². The summed E-state index contributed by atoms with van der Waals surface area (Å²) in [6, 6.07) is 22.5. The van der Waals surface area contributed by atoms with Crippen molar-refractivity contribution in [2.45, 2.75) is 11.8 Å². The van der Waals surface area contributed by atoms with E-state index in [1.807, 2.05) is 56.2 Å². The summed E-state index contributed by atoms with van der Waals surface area (Å²) >= 11 is 0. The zero-order chi connectivity index (χ0) is 16.5.